The van der Waals surface area contributed by atoms with E-state index in [9.17, 15) is 0 Å². The maximum Gasteiger partial charge on any atom is 0.213 e. The molecule has 0 aromatic carbocycles. The molecule has 2 aromatic rings. The predicted octanol–water partition coefficient (Wildman–Crippen LogP) is 1.74. The third kappa shape index (κ3) is 2.81. The average Bonchev–Trinajstić information content (AvgIpc) is 2.58. The number of hydrogen-bond acceptors (Lipinski definition) is 4. The number of aryl methyl sites for hydroxylation is 2. The average molecular weight is 232 g/mol. The second-order valence-corrected chi connectivity index (χ2v) is 3.76. The van der Waals surface area contributed by atoms with Crippen molar-refractivity contribution in [2.45, 2.75) is 27.3 Å². The van der Waals surface area contributed by atoms with Crippen LogP contribution < -0.4 is 4.74 Å². The van der Waals surface area contributed by atoms with Crippen LogP contribution in [0.3, 0.4) is 0 Å². The normalized spacial score (nSPS) is 10.5. The topological polar surface area (TPSA) is 52.8 Å². The van der Waals surface area contributed by atoms with Gasteiger partial charge in [0.15, 0.2) is 0 Å². The summed E-state index contributed by atoms with van der Waals surface area (Å²) in [5, 5.41) is 4.31. The highest BCUT2D eigenvalue weighted by Crippen LogP contribution is 2.09. The minimum absolute atomic E-state index is 0.619. The molecule has 2 aromatic heterocycles. The number of pyridine rings is 1. The first-order valence-corrected chi connectivity index (χ1v) is 5.66. The first-order chi connectivity index (χ1) is 8.19. The zero-order valence-electron chi connectivity index (χ0n) is 10.3. The Morgan fingerprint density at radius 2 is 2.06 bits per heavy atom. The molecule has 0 aliphatic rings. The van der Waals surface area contributed by atoms with Gasteiger partial charge in [0, 0.05) is 6.07 Å². The van der Waals surface area contributed by atoms with Crippen LogP contribution in [0.4, 0.5) is 0 Å². The van der Waals surface area contributed by atoms with E-state index in [1.165, 1.54) is 0 Å². The number of rotatable bonds is 4. The van der Waals surface area contributed by atoms with E-state index < -0.39 is 0 Å². The molecule has 5 heteroatoms. The van der Waals surface area contributed by atoms with Crippen molar-refractivity contribution < 1.29 is 4.74 Å². The van der Waals surface area contributed by atoms with Crippen LogP contribution in [0.25, 0.3) is 0 Å². The van der Waals surface area contributed by atoms with Gasteiger partial charge in [0.25, 0.3) is 0 Å². The Hall–Kier alpha value is -1.91. The Balaban J connectivity index is 2.18. The largest absolute Gasteiger partial charge is 0.478 e. The molecule has 90 valence electrons. The molecule has 2 rings (SSSR count). The van der Waals surface area contributed by atoms with E-state index in [1.807, 2.05) is 43.7 Å². The molecule has 17 heavy (non-hydrogen) atoms. The molecule has 0 saturated carbocycles. The van der Waals surface area contributed by atoms with Crippen molar-refractivity contribution in [1.82, 2.24) is 19.7 Å². The summed E-state index contributed by atoms with van der Waals surface area (Å²) in [5.41, 5.74) is 0.920. The van der Waals surface area contributed by atoms with Crippen LogP contribution in [0.2, 0.25) is 0 Å². The van der Waals surface area contributed by atoms with Crippen LogP contribution in [0.15, 0.2) is 18.2 Å². The van der Waals surface area contributed by atoms with Gasteiger partial charge in [-0.3, -0.25) is 0 Å². The Morgan fingerprint density at radius 1 is 1.24 bits per heavy atom. The van der Waals surface area contributed by atoms with Gasteiger partial charge >= 0.3 is 0 Å². The highest BCUT2D eigenvalue weighted by Gasteiger charge is 2.05. The number of nitrogens with zero attached hydrogens (tertiary/aromatic N) is 4. The highest BCUT2D eigenvalue weighted by molar-refractivity contribution is 5.16. The van der Waals surface area contributed by atoms with Gasteiger partial charge in [-0.2, -0.15) is 5.10 Å². The highest BCUT2D eigenvalue weighted by atomic mass is 16.5. The zero-order chi connectivity index (χ0) is 12.3. The molecule has 0 unspecified atom stereocenters. The van der Waals surface area contributed by atoms with E-state index >= 15 is 0 Å². The van der Waals surface area contributed by atoms with Gasteiger partial charge in [-0.15, -0.1) is 0 Å². The summed E-state index contributed by atoms with van der Waals surface area (Å²) in [6.45, 7) is 7.00. The molecule has 0 fully saturated rings. The van der Waals surface area contributed by atoms with Gasteiger partial charge in [-0.05, 0) is 26.8 Å². The summed E-state index contributed by atoms with van der Waals surface area (Å²) in [6, 6.07) is 5.75. The molecule has 0 saturated heterocycles. The van der Waals surface area contributed by atoms with Crippen LogP contribution in [-0.2, 0) is 6.54 Å². The third-order valence-electron chi connectivity index (χ3n) is 2.35. The third-order valence-corrected chi connectivity index (χ3v) is 2.35. The second-order valence-electron chi connectivity index (χ2n) is 3.76. The number of hydrogen-bond donors (Lipinski definition) is 0. The van der Waals surface area contributed by atoms with E-state index in [0.717, 1.165) is 17.3 Å². The quantitative estimate of drug-likeness (QED) is 0.805. The van der Waals surface area contributed by atoms with E-state index in [2.05, 4.69) is 15.1 Å². The SMILES string of the molecule is CCOc1cccc(Cn2nc(C)nc2C)n1. The molecule has 0 atom stereocenters. The fraction of sp³-hybridized carbons (Fsp3) is 0.417. The van der Waals surface area contributed by atoms with E-state index in [1.54, 1.807) is 0 Å². The van der Waals surface area contributed by atoms with Gasteiger partial charge in [0.05, 0.1) is 18.8 Å². The monoisotopic (exact) mass is 232 g/mol. The van der Waals surface area contributed by atoms with Crippen LogP contribution in [0.1, 0.15) is 24.3 Å². The lowest BCUT2D eigenvalue weighted by Crippen LogP contribution is -2.06. The van der Waals surface area contributed by atoms with Crippen molar-refractivity contribution >= 4 is 0 Å². The first-order valence-electron chi connectivity index (χ1n) is 5.66. The molecule has 5 nitrogen and oxygen atoms in total. The molecule has 0 N–H and O–H groups in total. The fourth-order valence-electron chi connectivity index (χ4n) is 1.64. The van der Waals surface area contributed by atoms with Crippen molar-refractivity contribution in [3.05, 3.63) is 35.5 Å². The minimum Gasteiger partial charge on any atom is -0.478 e. The summed E-state index contributed by atoms with van der Waals surface area (Å²) in [5.74, 6) is 2.33. The van der Waals surface area contributed by atoms with Crippen LogP contribution in [-0.4, -0.2) is 26.4 Å². The Labute approximate surface area is 100 Å². The summed E-state index contributed by atoms with van der Waals surface area (Å²) >= 11 is 0. The van der Waals surface area contributed by atoms with E-state index in [-0.39, 0.29) is 0 Å². The molecular formula is C12H16N4O. The Kier molecular flexibility index (Phi) is 3.37. The molecule has 2 heterocycles. The minimum atomic E-state index is 0.619. The predicted molar refractivity (Wildman–Crippen MR) is 64.0 cm³/mol. The maximum atomic E-state index is 5.36. The van der Waals surface area contributed by atoms with Gasteiger partial charge in [-0.25, -0.2) is 14.6 Å². The molecular weight excluding hydrogens is 216 g/mol. The van der Waals surface area contributed by atoms with Gasteiger partial charge in [-0.1, -0.05) is 6.07 Å². The zero-order valence-corrected chi connectivity index (χ0v) is 10.3. The van der Waals surface area contributed by atoms with Gasteiger partial charge < -0.3 is 4.74 Å². The molecule has 0 bridgehead atoms. The van der Waals surface area contributed by atoms with E-state index in [0.29, 0.717) is 19.0 Å². The molecule has 0 spiro atoms. The van der Waals surface area contributed by atoms with Gasteiger partial charge in [0.2, 0.25) is 5.88 Å². The smallest absolute Gasteiger partial charge is 0.213 e. The molecule has 0 aliphatic heterocycles. The number of ether oxygens (including phenoxy) is 1. The van der Waals surface area contributed by atoms with E-state index in [4.69, 9.17) is 4.74 Å². The summed E-state index contributed by atoms with van der Waals surface area (Å²) in [7, 11) is 0. The maximum absolute atomic E-state index is 5.36. The lowest BCUT2D eigenvalue weighted by molar-refractivity contribution is 0.325. The molecule has 0 aliphatic carbocycles. The summed E-state index contributed by atoms with van der Waals surface area (Å²) in [4.78, 5) is 8.66. The van der Waals surface area contributed by atoms with Crippen molar-refractivity contribution in [2.24, 2.45) is 0 Å². The lowest BCUT2D eigenvalue weighted by Gasteiger charge is -2.05. The Bertz CT molecular complexity index is 507. The molecule has 0 amide bonds. The Morgan fingerprint density at radius 3 is 2.71 bits per heavy atom. The van der Waals surface area contributed by atoms with Crippen molar-refractivity contribution in [3.8, 4) is 5.88 Å². The standard InChI is InChI=1S/C12H16N4O/c1-4-17-12-7-5-6-11(14-12)8-16-10(3)13-9(2)15-16/h5-7H,4,8H2,1-3H3. The lowest BCUT2D eigenvalue weighted by atomic mass is 10.3. The van der Waals surface area contributed by atoms with Crippen LogP contribution in [0.5, 0.6) is 5.88 Å². The summed E-state index contributed by atoms with van der Waals surface area (Å²) in [6.07, 6.45) is 0. The van der Waals surface area contributed by atoms with Crippen molar-refractivity contribution in [1.29, 1.82) is 0 Å². The first kappa shape index (κ1) is 11.6. The van der Waals surface area contributed by atoms with Crippen molar-refractivity contribution in [2.75, 3.05) is 6.61 Å². The number of aromatic nitrogens is 4. The van der Waals surface area contributed by atoms with Crippen LogP contribution >= 0.6 is 0 Å². The second kappa shape index (κ2) is 4.95. The van der Waals surface area contributed by atoms with Gasteiger partial charge in [0.1, 0.15) is 11.6 Å². The molecule has 0 radical (unpaired) electrons. The summed E-state index contributed by atoms with van der Waals surface area (Å²) < 4.78 is 7.20. The fourth-order valence-corrected chi connectivity index (χ4v) is 1.64. The van der Waals surface area contributed by atoms with Crippen LogP contribution in [0, 0.1) is 13.8 Å². The van der Waals surface area contributed by atoms with Crippen molar-refractivity contribution in [3.63, 3.8) is 0 Å².